The van der Waals surface area contributed by atoms with Crippen molar-refractivity contribution in [3.63, 3.8) is 0 Å². The van der Waals surface area contributed by atoms with Gasteiger partial charge >= 0.3 is 0 Å². The van der Waals surface area contributed by atoms with Crippen molar-refractivity contribution in [3.05, 3.63) is 72.6 Å². The van der Waals surface area contributed by atoms with Gasteiger partial charge in [0.15, 0.2) is 17.4 Å². The molecular weight excluding hydrogens is 352 g/mol. The molecule has 3 N–H and O–H groups in total. The van der Waals surface area contributed by atoms with E-state index in [9.17, 15) is 0 Å². The molecule has 0 fully saturated rings. The van der Waals surface area contributed by atoms with Crippen LogP contribution >= 0.6 is 0 Å². The van der Waals surface area contributed by atoms with Gasteiger partial charge in [0.25, 0.3) is 0 Å². The lowest BCUT2D eigenvalue weighted by Gasteiger charge is -2.10. The first-order valence-corrected chi connectivity index (χ1v) is 9.23. The summed E-state index contributed by atoms with van der Waals surface area (Å²) in [6.45, 7) is 3.76. The van der Waals surface area contributed by atoms with Crippen molar-refractivity contribution >= 4 is 11.6 Å². The molecule has 0 unspecified atom stereocenters. The summed E-state index contributed by atoms with van der Waals surface area (Å²) >= 11 is 0. The maximum absolute atomic E-state index is 4.61. The van der Waals surface area contributed by atoms with E-state index in [0.29, 0.717) is 19.0 Å². The highest BCUT2D eigenvalue weighted by Gasteiger charge is 2.07. The Kier molecular flexibility index (Phi) is 5.28. The summed E-state index contributed by atoms with van der Waals surface area (Å²) in [5, 5.41) is 14.9. The summed E-state index contributed by atoms with van der Waals surface area (Å²) in [6, 6.07) is 15.9. The zero-order valence-corrected chi connectivity index (χ0v) is 15.6. The number of rotatable bonds is 6. The first-order valence-electron chi connectivity index (χ1n) is 9.23. The fourth-order valence-electron chi connectivity index (χ4n) is 2.88. The van der Waals surface area contributed by atoms with Crippen LogP contribution in [0.5, 0.6) is 0 Å². The molecule has 8 nitrogen and oxygen atoms in total. The van der Waals surface area contributed by atoms with Gasteiger partial charge in [-0.05, 0) is 24.6 Å². The van der Waals surface area contributed by atoms with Crippen LogP contribution < -0.4 is 10.6 Å². The molecule has 0 aliphatic carbocycles. The number of aliphatic imine (C=N–C) groups is 1. The van der Waals surface area contributed by atoms with Gasteiger partial charge in [-0.25, -0.2) is 9.98 Å². The minimum atomic E-state index is 0.447. The fraction of sp³-hybridized carbons (Fsp3) is 0.200. The lowest BCUT2D eigenvalue weighted by molar-refractivity contribution is 0.762. The number of aromatic nitrogens is 5. The molecule has 1 aromatic carbocycles. The molecule has 3 heterocycles. The first kappa shape index (κ1) is 17.7. The average Bonchev–Trinajstić information content (AvgIpc) is 3.38. The molecule has 0 saturated heterocycles. The van der Waals surface area contributed by atoms with E-state index in [0.717, 1.165) is 35.1 Å². The van der Waals surface area contributed by atoms with Crippen LogP contribution in [-0.4, -0.2) is 37.1 Å². The maximum atomic E-state index is 4.61. The molecule has 142 valence electrons. The first-order chi connectivity index (χ1) is 13.8. The van der Waals surface area contributed by atoms with E-state index in [1.54, 1.807) is 0 Å². The number of pyridine rings is 1. The number of nitrogens with one attached hydrogen (secondary N) is 3. The van der Waals surface area contributed by atoms with Crippen molar-refractivity contribution in [2.24, 2.45) is 4.99 Å². The van der Waals surface area contributed by atoms with Crippen LogP contribution in [0.25, 0.3) is 16.9 Å². The zero-order valence-electron chi connectivity index (χ0n) is 15.6. The van der Waals surface area contributed by atoms with E-state index in [1.165, 1.54) is 0 Å². The number of benzene rings is 1. The van der Waals surface area contributed by atoms with Crippen molar-refractivity contribution in [2.45, 2.75) is 20.0 Å². The fourth-order valence-corrected chi connectivity index (χ4v) is 2.88. The standard InChI is InChI=1S/C20H22N8/c1-2-21-20(24-14-19-27-26-18-10-6-7-11-28(18)19)23-13-17-22-12-16(25-17)15-8-4-3-5-9-15/h3-12H,2,13-14H2,1H3,(H,22,25)(H2,21,23,24). The van der Waals surface area contributed by atoms with Crippen LogP contribution in [0, 0.1) is 0 Å². The molecule has 0 aliphatic rings. The van der Waals surface area contributed by atoms with Gasteiger partial charge in [0.05, 0.1) is 18.4 Å². The van der Waals surface area contributed by atoms with Gasteiger partial charge in [-0.3, -0.25) is 4.40 Å². The quantitative estimate of drug-likeness (QED) is 0.356. The number of aromatic amines is 1. The summed E-state index contributed by atoms with van der Waals surface area (Å²) in [5.74, 6) is 2.34. The monoisotopic (exact) mass is 374 g/mol. The second-order valence-electron chi connectivity index (χ2n) is 6.20. The smallest absolute Gasteiger partial charge is 0.192 e. The van der Waals surface area contributed by atoms with Crippen LogP contribution in [0.3, 0.4) is 0 Å². The van der Waals surface area contributed by atoms with Gasteiger partial charge in [0, 0.05) is 12.7 Å². The summed E-state index contributed by atoms with van der Waals surface area (Å²) < 4.78 is 1.95. The highest BCUT2D eigenvalue weighted by atomic mass is 15.3. The Balaban J connectivity index is 1.43. The Morgan fingerprint density at radius 3 is 2.79 bits per heavy atom. The van der Waals surface area contributed by atoms with Crippen LogP contribution in [0.1, 0.15) is 18.6 Å². The molecule has 0 spiro atoms. The van der Waals surface area contributed by atoms with Crippen molar-refractivity contribution < 1.29 is 0 Å². The molecule has 4 rings (SSSR count). The summed E-state index contributed by atoms with van der Waals surface area (Å²) in [6.07, 6.45) is 3.78. The van der Waals surface area contributed by atoms with Gasteiger partial charge in [0.2, 0.25) is 0 Å². The number of H-pyrrole nitrogens is 1. The third kappa shape index (κ3) is 4.01. The second-order valence-corrected chi connectivity index (χ2v) is 6.20. The molecule has 4 aromatic rings. The predicted molar refractivity (Wildman–Crippen MR) is 109 cm³/mol. The van der Waals surface area contributed by atoms with Crippen LogP contribution in [0.4, 0.5) is 0 Å². The average molecular weight is 374 g/mol. The number of guanidine groups is 1. The Bertz CT molecular complexity index is 1060. The molecule has 0 atom stereocenters. The Morgan fingerprint density at radius 1 is 1.07 bits per heavy atom. The van der Waals surface area contributed by atoms with Crippen molar-refractivity contribution in [2.75, 3.05) is 6.54 Å². The number of imidazole rings is 1. The molecule has 28 heavy (non-hydrogen) atoms. The van der Waals surface area contributed by atoms with Crippen LogP contribution in [0.2, 0.25) is 0 Å². The number of nitrogens with zero attached hydrogens (tertiary/aromatic N) is 5. The number of hydrogen-bond donors (Lipinski definition) is 3. The highest BCUT2D eigenvalue weighted by molar-refractivity contribution is 5.79. The predicted octanol–water partition coefficient (Wildman–Crippen LogP) is 2.37. The lowest BCUT2D eigenvalue weighted by atomic mass is 10.2. The topological polar surface area (TPSA) is 95.3 Å². The Hall–Kier alpha value is -3.68. The summed E-state index contributed by atoms with van der Waals surface area (Å²) in [5.41, 5.74) is 2.91. The van der Waals surface area contributed by atoms with E-state index < -0.39 is 0 Å². The van der Waals surface area contributed by atoms with Crippen LogP contribution in [0.15, 0.2) is 65.9 Å². The van der Waals surface area contributed by atoms with Gasteiger partial charge < -0.3 is 15.6 Å². The SMILES string of the molecule is CCNC(=NCc1ncc(-c2ccccc2)[nH]1)NCc1nnc2ccccn12. The van der Waals surface area contributed by atoms with Gasteiger partial charge in [-0.1, -0.05) is 36.4 Å². The normalized spacial score (nSPS) is 11.7. The molecule has 0 amide bonds. The number of fused-ring (bicyclic) bond motifs is 1. The number of hydrogen-bond acceptors (Lipinski definition) is 4. The van der Waals surface area contributed by atoms with E-state index in [1.807, 2.05) is 60.1 Å². The Morgan fingerprint density at radius 2 is 1.93 bits per heavy atom. The zero-order chi connectivity index (χ0) is 19.2. The third-order valence-electron chi connectivity index (χ3n) is 4.24. The van der Waals surface area contributed by atoms with E-state index in [4.69, 9.17) is 0 Å². The third-order valence-corrected chi connectivity index (χ3v) is 4.24. The molecule has 0 saturated carbocycles. The van der Waals surface area contributed by atoms with Crippen LogP contribution in [-0.2, 0) is 13.1 Å². The van der Waals surface area contributed by atoms with Gasteiger partial charge in [-0.2, -0.15) is 0 Å². The minimum Gasteiger partial charge on any atom is -0.357 e. The van der Waals surface area contributed by atoms with E-state index >= 15 is 0 Å². The summed E-state index contributed by atoms with van der Waals surface area (Å²) in [7, 11) is 0. The minimum absolute atomic E-state index is 0.447. The second kappa shape index (κ2) is 8.34. The molecule has 8 heteroatoms. The molecule has 0 radical (unpaired) electrons. The van der Waals surface area contributed by atoms with E-state index in [-0.39, 0.29) is 0 Å². The van der Waals surface area contributed by atoms with E-state index in [2.05, 4.69) is 47.9 Å². The Labute approximate surface area is 162 Å². The largest absolute Gasteiger partial charge is 0.357 e. The molecule has 0 aliphatic heterocycles. The van der Waals surface area contributed by atoms with Crippen molar-refractivity contribution in [1.82, 2.24) is 35.2 Å². The maximum Gasteiger partial charge on any atom is 0.192 e. The molecule has 0 bridgehead atoms. The lowest BCUT2D eigenvalue weighted by Crippen LogP contribution is -2.37. The summed E-state index contributed by atoms with van der Waals surface area (Å²) in [4.78, 5) is 12.4. The molecule has 3 aromatic heterocycles. The van der Waals surface area contributed by atoms with Gasteiger partial charge in [-0.15, -0.1) is 10.2 Å². The molecular formula is C20H22N8. The highest BCUT2D eigenvalue weighted by Crippen LogP contribution is 2.16. The van der Waals surface area contributed by atoms with Crippen molar-refractivity contribution in [3.8, 4) is 11.3 Å². The van der Waals surface area contributed by atoms with Crippen molar-refractivity contribution in [1.29, 1.82) is 0 Å². The van der Waals surface area contributed by atoms with Gasteiger partial charge in [0.1, 0.15) is 12.4 Å².